The van der Waals surface area contributed by atoms with Crippen molar-refractivity contribution in [3.05, 3.63) is 47.1 Å². The van der Waals surface area contributed by atoms with Gasteiger partial charge in [-0.3, -0.25) is 9.50 Å². The van der Waals surface area contributed by atoms with E-state index in [4.69, 9.17) is 12.2 Å². The van der Waals surface area contributed by atoms with Crippen LogP contribution in [0.1, 0.15) is 5.56 Å². The molecule has 0 spiro atoms. The van der Waals surface area contributed by atoms with Gasteiger partial charge in [-0.15, -0.1) is 0 Å². The standard InChI is InChI=1S/C14H8N6S/c15-5-9-12(18-14(21)20-7-17-19-13(9)20)10-6-16-11-4-2-1-3-8(10)11/h1-4,6-7,16,19H. The first-order chi connectivity index (χ1) is 10.3. The fourth-order valence-corrected chi connectivity index (χ4v) is 2.70. The first-order valence-electron chi connectivity index (χ1n) is 6.22. The van der Waals surface area contributed by atoms with Crippen LogP contribution < -0.4 is 0 Å². The molecule has 0 atom stereocenters. The SMILES string of the molecule is N#Cc1c(-c2c[nH]c3ccccc23)nc(=S)n2cn[nH]c12. The van der Waals surface area contributed by atoms with Crippen LogP contribution in [0.5, 0.6) is 0 Å². The highest BCUT2D eigenvalue weighted by atomic mass is 32.1. The normalized spacial score (nSPS) is 11.0. The Labute approximate surface area is 123 Å². The average molecular weight is 292 g/mol. The molecule has 7 heteroatoms. The summed E-state index contributed by atoms with van der Waals surface area (Å²) in [7, 11) is 0. The number of hydrogen-bond donors (Lipinski definition) is 2. The quantitative estimate of drug-likeness (QED) is 0.528. The first-order valence-corrected chi connectivity index (χ1v) is 6.63. The Morgan fingerprint density at radius 1 is 1.29 bits per heavy atom. The molecule has 0 fully saturated rings. The van der Waals surface area contributed by atoms with Gasteiger partial charge in [0.15, 0.2) is 5.65 Å². The van der Waals surface area contributed by atoms with Crippen LogP contribution in [0.2, 0.25) is 0 Å². The summed E-state index contributed by atoms with van der Waals surface area (Å²) in [5.74, 6) is 0. The van der Waals surface area contributed by atoms with E-state index < -0.39 is 0 Å². The molecule has 3 aromatic heterocycles. The Bertz CT molecular complexity index is 1080. The molecule has 4 aromatic rings. The number of benzene rings is 1. The zero-order valence-electron chi connectivity index (χ0n) is 10.7. The van der Waals surface area contributed by atoms with E-state index in [0.29, 0.717) is 21.7 Å². The van der Waals surface area contributed by atoms with Crippen LogP contribution in [0.15, 0.2) is 36.8 Å². The number of aromatic amines is 2. The van der Waals surface area contributed by atoms with E-state index in [1.54, 1.807) is 4.40 Å². The molecule has 3 heterocycles. The molecule has 4 rings (SSSR count). The predicted molar refractivity (Wildman–Crippen MR) is 80.2 cm³/mol. The maximum atomic E-state index is 9.50. The predicted octanol–water partition coefficient (Wildman–Crippen LogP) is 2.81. The van der Waals surface area contributed by atoms with Crippen molar-refractivity contribution in [1.29, 1.82) is 5.26 Å². The van der Waals surface area contributed by atoms with Gasteiger partial charge in [-0.1, -0.05) is 18.2 Å². The highest BCUT2D eigenvalue weighted by Crippen LogP contribution is 2.30. The lowest BCUT2D eigenvalue weighted by Crippen LogP contribution is -1.98. The topological polar surface area (TPSA) is 85.6 Å². The molecule has 21 heavy (non-hydrogen) atoms. The summed E-state index contributed by atoms with van der Waals surface area (Å²) in [6.07, 6.45) is 3.36. The molecule has 0 saturated carbocycles. The molecule has 1 aromatic carbocycles. The largest absolute Gasteiger partial charge is 0.360 e. The Balaban J connectivity index is 2.16. The van der Waals surface area contributed by atoms with Crippen molar-refractivity contribution in [3.8, 4) is 17.3 Å². The Morgan fingerprint density at radius 2 is 2.14 bits per heavy atom. The summed E-state index contributed by atoms with van der Waals surface area (Å²) in [5.41, 5.74) is 3.37. The van der Waals surface area contributed by atoms with Crippen LogP contribution >= 0.6 is 12.2 Å². The maximum absolute atomic E-state index is 9.50. The molecule has 2 N–H and O–H groups in total. The van der Waals surface area contributed by atoms with Crippen LogP contribution in [0.3, 0.4) is 0 Å². The van der Waals surface area contributed by atoms with Gasteiger partial charge >= 0.3 is 0 Å². The van der Waals surface area contributed by atoms with Crippen LogP contribution in [-0.4, -0.2) is 24.6 Å². The highest BCUT2D eigenvalue weighted by Gasteiger charge is 2.16. The molecular weight excluding hydrogens is 284 g/mol. The van der Waals surface area contributed by atoms with Gasteiger partial charge in [0, 0.05) is 22.7 Å². The second-order valence-corrected chi connectivity index (χ2v) is 4.92. The van der Waals surface area contributed by atoms with E-state index in [-0.39, 0.29) is 0 Å². The number of H-pyrrole nitrogens is 2. The summed E-state index contributed by atoms with van der Waals surface area (Å²) in [4.78, 5) is 7.60. The number of para-hydroxylation sites is 1. The van der Waals surface area contributed by atoms with Crippen molar-refractivity contribution in [2.75, 3.05) is 0 Å². The lowest BCUT2D eigenvalue weighted by Gasteiger charge is -2.03. The van der Waals surface area contributed by atoms with E-state index in [1.165, 1.54) is 6.33 Å². The van der Waals surface area contributed by atoms with E-state index in [0.717, 1.165) is 16.5 Å². The minimum Gasteiger partial charge on any atom is -0.360 e. The minimum absolute atomic E-state index is 0.359. The maximum Gasteiger partial charge on any atom is 0.207 e. The monoisotopic (exact) mass is 292 g/mol. The molecule has 0 amide bonds. The van der Waals surface area contributed by atoms with Gasteiger partial charge in [0.05, 0.1) is 5.69 Å². The molecule has 0 aliphatic rings. The van der Waals surface area contributed by atoms with Gasteiger partial charge in [0.25, 0.3) is 0 Å². The van der Waals surface area contributed by atoms with Gasteiger partial charge < -0.3 is 4.98 Å². The van der Waals surface area contributed by atoms with Crippen LogP contribution in [0.4, 0.5) is 0 Å². The van der Waals surface area contributed by atoms with Crippen molar-refractivity contribution in [1.82, 2.24) is 24.6 Å². The van der Waals surface area contributed by atoms with Crippen molar-refractivity contribution in [2.45, 2.75) is 0 Å². The molecule has 100 valence electrons. The number of nitriles is 1. The van der Waals surface area contributed by atoms with Crippen LogP contribution in [-0.2, 0) is 0 Å². The Morgan fingerprint density at radius 3 is 3.00 bits per heavy atom. The zero-order chi connectivity index (χ0) is 14.4. The van der Waals surface area contributed by atoms with Crippen molar-refractivity contribution >= 4 is 28.8 Å². The molecule has 6 nitrogen and oxygen atoms in total. The molecule has 0 aliphatic heterocycles. The molecular formula is C14H8N6S. The summed E-state index contributed by atoms with van der Waals surface area (Å²) in [6, 6.07) is 10.0. The molecule has 0 saturated heterocycles. The van der Waals surface area contributed by atoms with Crippen LogP contribution in [0, 0.1) is 16.1 Å². The summed E-state index contributed by atoms with van der Waals surface area (Å²) >= 11 is 5.27. The third kappa shape index (κ3) is 1.60. The van der Waals surface area contributed by atoms with Gasteiger partial charge in [-0.2, -0.15) is 10.4 Å². The average Bonchev–Trinajstić information content (AvgIpc) is 3.14. The number of nitrogens with zero attached hydrogens (tertiary/aromatic N) is 4. The van der Waals surface area contributed by atoms with E-state index in [2.05, 4.69) is 26.2 Å². The molecule has 0 aliphatic carbocycles. The number of aromatic nitrogens is 5. The Hall–Kier alpha value is -2.98. The smallest absolute Gasteiger partial charge is 0.207 e. The lowest BCUT2D eigenvalue weighted by atomic mass is 10.1. The molecule has 0 bridgehead atoms. The highest BCUT2D eigenvalue weighted by molar-refractivity contribution is 7.71. The fourth-order valence-electron chi connectivity index (χ4n) is 2.47. The van der Waals surface area contributed by atoms with Gasteiger partial charge in [-0.25, -0.2) is 4.98 Å². The first kappa shape index (κ1) is 11.8. The van der Waals surface area contributed by atoms with Crippen LogP contribution in [0.25, 0.3) is 27.8 Å². The number of hydrogen-bond acceptors (Lipinski definition) is 4. The lowest BCUT2D eigenvalue weighted by molar-refractivity contribution is 1.04. The van der Waals surface area contributed by atoms with E-state index in [1.807, 2.05) is 30.5 Å². The second kappa shape index (κ2) is 4.26. The van der Waals surface area contributed by atoms with Gasteiger partial charge in [0.1, 0.15) is 18.0 Å². The Kier molecular flexibility index (Phi) is 2.40. The van der Waals surface area contributed by atoms with E-state index >= 15 is 0 Å². The molecule has 0 radical (unpaired) electrons. The van der Waals surface area contributed by atoms with Gasteiger partial charge in [0.2, 0.25) is 4.77 Å². The summed E-state index contributed by atoms with van der Waals surface area (Å²) in [5, 5.41) is 17.2. The van der Waals surface area contributed by atoms with Gasteiger partial charge in [-0.05, 0) is 18.3 Å². The fraction of sp³-hybridized carbons (Fsp3) is 0. The zero-order valence-corrected chi connectivity index (χ0v) is 11.5. The number of nitrogens with one attached hydrogen (secondary N) is 2. The van der Waals surface area contributed by atoms with Crippen molar-refractivity contribution < 1.29 is 0 Å². The summed E-state index contributed by atoms with van der Waals surface area (Å²) < 4.78 is 1.95. The van der Waals surface area contributed by atoms with E-state index in [9.17, 15) is 5.26 Å². The second-order valence-electron chi connectivity index (χ2n) is 4.55. The van der Waals surface area contributed by atoms with Crippen molar-refractivity contribution in [3.63, 3.8) is 0 Å². The third-order valence-electron chi connectivity index (χ3n) is 3.43. The number of rotatable bonds is 1. The summed E-state index contributed by atoms with van der Waals surface area (Å²) in [6.45, 7) is 0. The number of fused-ring (bicyclic) bond motifs is 2. The third-order valence-corrected chi connectivity index (χ3v) is 3.72. The molecule has 0 unspecified atom stereocenters. The van der Waals surface area contributed by atoms with Crippen molar-refractivity contribution in [2.24, 2.45) is 0 Å². The minimum atomic E-state index is 0.359.